The molecule has 0 aliphatic carbocycles. The summed E-state index contributed by atoms with van der Waals surface area (Å²) in [5, 5.41) is 3.08. The van der Waals surface area contributed by atoms with Crippen molar-refractivity contribution in [2.75, 3.05) is 17.1 Å². The second-order valence-corrected chi connectivity index (χ2v) is 8.63. The Morgan fingerprint density at radius 2 is 1.53 bits per heavy atom. The standard InChI is InChI=1S/C23H20N4O4S/c1-15(28)16-6-5-7-17(14-16)24-22-23(26-21-9-4-3-8-20(21)25-22)27-32(29,30)19-12-10-18(31-2)11-13-19/h3-14H,1-2H3,(H,24,25)(H,26,27). The number of aromatic nitrogens is 2. The van der Waals surface area contributed by atoms with Crippen molar-refractivity contribution in [3.63, 3.8) is 0 Å². The number of ketones is 1. The number of fused-ring (bicyclic) bond motifs is 1. The van der Waals surface area contributed by atoms with E-state index in [1.165, 1.54) is 26.2 Å². The van der Waals surface area contributed by atoms with Gasteiger partial charge in [0.25, 0.3) is 10.0 Å². The van der Waals surface area contributed by atoms with E-state index in [0.29, 0.717) is 28.0 Å². The smallest absolute Gasteiger partial charge is 0.263 e. The molecule has 0 radical (unpaired) electrons. The number of benzene rings is 3. The molecule has 3 aromatic carbocycles. The third kappa shape index (κ3) is 4.52. The van der Waals surface area contributed by atoms with E-state index in [9.17, 15) is 13.2 Å². The van der Waals surface area contributed by atoms with Gasteiger partial charge in [0.15, 0.2) is 17.4 Å². The molecule has 0 amide bonds. The Morgan fingerprint density at radius 1 is 0.875 bits per heavy atom. The number of rotatable bonds is 7. The zero-order valence-corrected chi connectivity index (χ0v) is 18.2. The number of nitrogens with one attached hydrogen (secondary N) is 2. The first-order valence-electron chi connectivity index (χ1n) is 9.67. The molecular formula is C23H20N4O4S. The van der Waals surface area contributed by atoms with E-state index in [4.69, 9.17) is 4.74 Å². The number of Topliss-reactive ketones (excluding diaryl/α,β-unsaturated/α-hetero) is 1. The molecule has 0 atom stereocenters. The molecule has 4 aromatic rings. The van der Waals surface area contributed by atoms with Crippen molar-refractivity contribution >= 4 is 44.2 Å². The van der Waals surface area contributed by atoms with Crippen molar-refractivity contribution in [1.29, 1.82) is 0 Å². The number of nitrogens with zero attached hydrogens (tertiary/aromatic N) is 2. The molecule has 32 heavy (non-hydrogen) atoms. The fourth-order valence-corrected chi connectivity index (χ4v) is 4.06. The van der Waals surface area contributed by atoms with E-state index >= 15 is 0 Å². The molecule has 0 aliphatic heterocycles. The van der Waals surface area contributed by atoms with Gasteiger partial charge in [-0.1, -0.05) is 24.3 Å². The van der Waals surface area contributed by atoms with Crippen molar-refractivity contribution in [3.05, 3.63) is 78.4 Å². The Bertz CT molecular complexity index is 1400. The molecule has 1 heterocycles. The SMILES string of the molecule is COc1ccc(S(=O)(=O)Nc2nc3ccccc3nc2Nc2cccc(C(C)=O)c2)cc1. The Labute approximate surface area is 185 Å². The van der Waals surface area contributed by atoms with Gasteiger partial charge in [0.1, 0.15) is 5.75 Å². The molecule has 0 fully saturated rings. The second kappa shape index (κ2) is 8.64. The van der Waals surface area contributed by atoms with E-state index in [1.54, 1.807) is 54.6 Å². The van der Waals surface area contributed by atoms with Crippen LogP contribution in [0.1, 0.15) is 17.3 Å². The van der Waals surface area contributed by atoms with Gasteiger partial charge in [0, 0.05) is 11.3 Å². The maximum Gasteiger partial charge on any atom is 0.263 e. The molecule has 0 saturated heterocycles. The summed E-state index contributed by atoms with van der Waals surface area (Å²) in [5.41, 5.74) is 2.21. The molecule has 0 unspecified atom stereocenters. The molecule has 8 nitrogen and oxygen atoms in total. The van der Waals surface area contributed by atoms with Crippen LogP contribution in [0.25, 0.3) is 11.0 Å². The van der Waals surface area contributed by atoms with Crippen LogP contribution in [0.15, 0.2) is 77.7 Å². The quantitative estimate of drug-likeness (QED) is 0.404. The van der Waals surface area contributed by atoms with Gasteiger partial charge in [-0.15, -0.1) is 0 Å². The third-order valence-electron chi connectivity index (χ3n) is 4.70. The monoisotopic (exact) mass is 448 g/mol. The Kier molecular flexibility index (Phi) is 5.74. The number of ether oxygens (including phenoxy) is 1. The fourth-order valence-electron chi connectivity index (χ4n) is 3.05. The van der Waals surface area contributed by atoms with Crippen LogP contribution >= 0.6 is 0 Å². The van der Waals surface area contributed by atoms with Crippen molar-refractivity contribution < 1.29 is 17.9 Å². The first-order valence-corrected chi connectivity index (χ1v) is 11.2. The van der Waals surface area contributed by atoms with Crippen LogP contribution in [-0.2, 0) is 10.0 Å². The Balaban J connectivity index is 1.75. The summed E-state index contributed by atoms with van der Waals surface area (Å²) in [6.07, 6.45) is 0. The molecule has 0 bridgehead atoms. The summed E-state index contributed by atoms with van der Waals surface area (Å²) >= 11 is 0. The number of hydrogen-bond acceptors (Lipinski definition) is 7. The van der Waals surface area contributed by atoms with E-state index in [2.05, 4.69) is 20.0 Å². The van der Waals surface area contributed by atoms with E-state index in [0.717, 1.165) is 0 Å². The summed E-state index contributed by atoms with van der Waals surface area (Å²) in [6, 6.07) is 20.0. The average Bonchev–Trinajstić information content (AvgIpc) is 2.79. The molecule has 4 rings (SSSR count). The van der Waals surface area contributed by atoms with Gasteiger partial charge in [-0.2, -0.15) is 0 Å². The molecule has 9 heteroatoms. The molecule has 0 aliphatic rings. The van der Waals surface area contributed by atoms with Crippen molar-refractivity contribution in [2.24, 2.45) is 0 Å². The molecule has 2 N–H and O–H groups in total. The van der Waals surface area contributed by atoms with Gasteiger partial charge >= 0.3 is 0 Å². The summed E-state index contributed by atoms with van der Waals surface area (Å²) < 4.78 is 33.6. The summed E-state index contributed by atoms with van der Waals surface area (Å²) in [7, 11) is -2.44. The Morgan fingerprint density at radius 3 is 2.16 bits per heavy atom. The number of para-hydroxylation sites is 2. The Hall–Kier alpha value is -3.98. The lowest BCUT2D eigenvalue weighted by Crippen LogP contribution is -2.16. The molecule has 162 valence electrons. The van der Waals surface area contributed by atoms with Gasteiger partial charge in [-0.25, -0.2) is 18.4 Å². The van der Waals surface area contributed by atoms with Crippen molar-refractivity contribution in [2.45, 2.75) is 11.8 Å². The predicted molar refractivity (Wildman–Crippen MR) is 123 cm³/mol. The fraction of sp³-hybridized carbons (Fsp3) is 0.0870. The normalized spacial score (nSPS) is 11.2. The summed E-state index contributed by atoms with van der Waals surface area (Å²) in [6.45, 7) is 1.48. The van der Waals surface area contributed by atoms with Crippen molar-refractivity contribution in [1.82, 2.24) is 9.97 Å². The number of methoxy groups -OCH3 is 1. The zero-order chi connectivity index (χ0) is 22.7. The number of sulfonamides is 1. The largest absolute Gasteiger partial charge is 0.497 e. The van der Waals surface area contributed by atoms with E-state index in [1.807, 2.05) is 6.07 Å². The second-order valence-electron chi connectivity index (χ2n) is 6.95. The van der Waals surface area contributed by atoms with Crippen LogP contribution in [0.3, 0.4) is 0 Å². The van der Waals surface area contributed by atoms with E-state index < -0.39 is 10.0 Å². The first kappa shape index (κ1) is 21.3. The third-order valence-corrected chi connectivity index (χ3v) is 6.06. The van der Waals surface area contributed by atoms with Gasteiger partial charge in [-0.3, -0.25) is 9.52 Å². The van der Waals surface area contributed by atoms with Crippen LogP contribution in [0.2, 0.25) is 0 Å². The highest BCUT2D eigenvalue weighted by atomic mass is 32.2. The first-order chi connectivity index (χ1) is 15.4. The topological polar surface area (TPSA) is 110 Å². The predicted octanol–water partition coefficient (Wildman–Crippen LogP) is 4.39. The van der Waals surface area contributed by atoms with Crippen LogP contribution in [0.5, 0.6) is 5.75 Å². The molecule has 0 saturated carbocycles. The van der Waals surface area contributed by atoms with Crippen LogP contribution in [0.4, 0.5) is 17.3 Å². The molecule has 0 spiro atoms. The highest BCUT2D eigenvalue weighted by molar-refractivity contribution is 7.92. The zero-order valence-electron chi connectivity index (χ0n) is 17.4. The van der Waals surface area contributed by atoms with Gasteiger partial charge in [-0.05, 0) is 55.5 Å². The van der Waals surface area contributed by atoms with Gasteiger partial charge in [0.2, 0.25) is 0 Å². The number of carbonyl (C=O) groups excluding carboxylic acids is 1. The summed E-state index contributed by atoms with van der Waals surface area (Å²) in [5.74, 6) is 0.704. The number of carbonyl (C=O) groups is 1. The lowest BCUT2D eigenvalue weighted by Gasteiger charge is -2.14. The van der Waals surface area contributed by atoms with Crippen LogP contribution < -0.4 is 14.8 Å². The molecule has 1 aromatic heterocycles. The summed E-state index contributed by atoms with van der Waals surface area (Å²) in [4.78, 5) is 20.8. The van der Waals surface area contributed by atoms with Crippen LogP contribution in [0, 0.1) is 0 Å². The maximum atomic E-state index is 13.0. The lowest BCUT2D eigenvalue weighted by molar-refractivity contribution is 0.101. The maximum absolute atomic E-state index is 13.0. The average molecular weight is 449 g/mol. The highest BCUT2D eigenvalue weighted by Crippen LogP contribution is 2.28. The highest BCUT2D eigenvalue weighted by Gasteiger charge is 2.19. The number of hydrogen-bond donors (Lipinski definition) is 2. The van der Waals surface area contributed by atoms with Crippen molar-refractivity contribution in [3.8, 4) is 5.75 Å². The molecular weight excluding hydrogens is 428 g/mol. The minimum Gasteiger partial charge on any atom is -0.497 e. The minimum absolute atomic E-state index is 0.0350. The number of anilines is 3. The van der Waals surface area contributed by atoms with E-state index in [-0.39, 0.29) is 22.3 Å². The van der Waals surface area contributed by atoms with Gasteiger partial charge in [0.05, 0.1) is 23.0 Å². The lowest BCUT2D eigenvalue weighted by atomic mass is 10.1. The minimum atomic E-state index is -3.95. The van der Waals surface area contributed by atoms with Crippen LogP contribution in [-0.4, -0.2) is 31.3 Å². The van der Waals surface area contributed by atoms with Gasteiger partial charge < -0.3 is 10.1 Å².